The van der Waals surface area contributed by atoms with E-state index < -0.39 is 5.54 Å². The fourth-order valence-electron chi connectivity index (χ4n) is 3.23. The van der Waals surface area contributed by atoms with Crippen molar-refractivity contribution in [3.8, 4) is 0 Å². The third-order valence-electron chi connectivity index (χ3n) is 4.52. The van der Waals surface area contributed by atoms with Crippen molar-refractivity contribution in [1.82, 2.24) is 10.2 Å². The van der Waals surface area contributed by atoms with Gasteiger partial charge in [-0.25, -0.2) is 0 Å². The number of primary amides is 1. The number of rotatable bonds is 6. The molecule has 1 amide bonds. The molecule has 0 aromatic carbocycles. The Balaban J connectivity index is 1.96. The van der Waals surface area contributed by atoms with Gasteiger partial charge in [0, 0.05) is 18.1 Å². The van der Waals surface area contributed by atoms with E-state index in [1.165, 1.54) is 25.7 Å². The van der Waals surface area contributed by atoms with Gasteiger partial charge in [0.1, 0.15) is 0 Å². The number of nitrogens with two attached hydrogens (primary N) is 1. The molecule has 0 aromatic heterocycles. The summed E-state index contributed by atoms with van der Waals surface area (Å²) in [5.74, 6) is -0.215. The normalized spacial score (nSPS) is 30.1. The van der Waals surface area contributed by atoms with E-state index >= 15 is 0 Å². The number of likely N-dealkylation sites (tertiary alicyclic amines) is 1. The Morgan fingerprint density at radius 1 is 1.50 bits per heavy atom. The summed E-state index contributed by atoms with van der Waals surface area (Å²) < 4.78 is 0. The molecule has 0 radical (unpaired) electrons. The first-order valence-electron chi connectivity index (χ1n) is 7.26. The molecular formula is C14H27N3O. The molecule has 2 rings (SSSR count). The Hall–Kier alpha value is -0.610. The molecule has 2 fully saturated rings. The summed E-state index contributed by atoms with van der Waals surface area (Å²) in [6, 6.07) is 1.55. The number of carbonyl (C=O) groups is 1. The topological polar surface area (TPSA) is 58.4 Å². The minimum atomic E-state index is -0.553. The SMILES string of the molecule is CC1CCCN1C(C)CC(C)(NC1CC1)C(N)=O. The van der Waals surface area contributed by atoms with Crippen LogP contribution in [0.3, 0.4) is 0 Å². The molecule has 3 unspecified atom stereocenters. The lowest BCUT2D eigenvalue weighted by atomic mass is 9.91. The molecule has 1 heterocycles. The Labute approximate surface area is 110 Å². The van der Waals surface area contributed by atoms with Crippen LogP contribution in [0, 0.1) is 0 Å². The summed E-state index contributed by atoms with van der Waals surface area (Å²) >= 11 is 0. The van der Waals surface area contributed by atoms with Crippen molar-refractivity contribution in [3.63, 3.8) is 0 Å². The van der Waals surface area contributed by atoms with Gasteiger partial charge in [0.05, 0.1) is 5.54 Å². The van der Waals surface area contributed by atoms with Gasteiger partial charge < -0.3 is 11.1 Å². The number of nitrogens with zero attached hydrogens (tertiary/aromatic N) is 1. The molecule has 0 aromatic rings. The summed E-state index contributed by atoms with van der Waals surface area (Å²) in [6.07, 6.45) is 5.71. The van der Waals surface area contributed by atoms with Crippen molar-refractivity contribution >= 4 is 5.91 Å². The van der Waals surface area contributed by atoms with Crippen molar-refractivity contribution in [2.45, 2.75) is 76.5 Å². The maximum Gasteiger partial charge on any atom is 0.237 e. The smallest absolute Gasteiger partial charge is 0.237 e. The number of hydrogen-bond donors (Lipinski definition) is 2. The quantitative estimate of drug-likeness (QED) is 0.749. The molecule has 4 nitrogen and oxygen atoms in total. The van der Waals surface area contributed by atoms with Crippen LogP contribution in [0.2, 0.25) is 0 Å². The predicted octanol–water partition coefficient (Wildman–Crippen LogP) is 1.25. The third-order valence-corrected chi connectivity index (χ3v) is 4.52. The zero-order chi connectivity index (χ0) is 13.3. The molecule has 1 aliphatic carbocycles. The second-order valence-corrected chi connectivity index (χ2v) is 6.40. The number of nitrogens with one attached hydrogen (secondary N) is 1. The van der Waals surface area contributed by atoms with Crippen molar-refractivity contribution < 1.29 is 4.79 Å². The Morgan fingerprint density at radius 2 is 2.17 bits per heavy atom. The van der Waals surface area contributed by atoms with Crippen LogP contribution in [0.4, 0.5) is 0 Å². The molecule has 1 aliphatic heterocycles. The van der Waals surface area contributed by atoms with E-state index in [4.69, 9.17) is 5.73 Å². The van der Waals surface area contributed by atoms with Crippen LogP contribution in [-0.4, -0.2) is 41.0 Å². The van der Waals surface area contributed by atoms with Crippen LogP contribution in [0.1, 0.15) is 52.9 Å². The zero-order valence-electron chi connectivity index (χ0n) is 11.9. The second-order valence-electron chi connectivity index (χ2n) is 6.40. The average Bonchev–Trinajstić information content (AvgIpc) is 2.97. The third kappa shape index (κ3) is 3.04. The van der Waals surface area contributed by atoms with Gasteiger partial charge in [0.15, 0.2) is 0 Å². The van der Waals surface area contributed by atoms with Crippen LogP contribution in [0.15, 0.2) is 0 Å². The molecule has 1 saturated carbocycles. The molecule has 3 atom stereocenters. The van der Waals surface area contributed by atoms with Crippen LogP contribution < -0.4 is 11.1 Å². The first-order chi connectivity index (χ1) is 8.42. The van der Waals surface area contributed by atoms with E-state index in [-0.39, 0.29) is 5.91 Å². The maximum atomic E-state index is 11.8. The van der Waals surface area contributed by atoms with Crippen molar-refractivity contribution in [2.24, 2.45) is 5.73 Å². The van der Waals surface area contributed by atoms with E-state index in [0.29, 0.717) is 18.1 Å². The average molecular weight is 253 g/mol. The molecule has 1 saturated heterocycles. The lowest BCUT2D eigenvalue weighted by molar-refractivity contribution is -0.124. The highest BCUT2D eigenvalue weighted by Crippen LogP contribution is 2.28. The van der Waals surface area contributed by atoms with Gasteiger partial charge in [-0.05, 0) is 59.4 Å². The highest BCUT2D eigenvalue weighted by molar-refractivity contribution is 5.84. The minimum Gasteiger partial charge on any atom is -0.368 e. The lowest BCUT2D eigenvalue weighted by Crippen LogP contribution is -2.57. The van der Waals surface area contributed by atoms with E-state index in [1.54, 1.807) is 0 Å². The van der Waals surface area contributed by atoms with Gasteiger partial charge in [0.2, 0.25) is 5.91 Å². The van der Waals surface area contributed by atoms with Crippen molar-refractivity contribution in [3.05, 3.63) is 0 Å². The summed E-state index contributed by atoms with van der Waals surface area (Å²) in [5.41, 5.74) is 5.06. The predicted molar refractivity (Wildman–Crippen MR) is 73.2 cm³/mol. The molecule has 4 heteroatoms. The van der Waals surface area contributed by atoms with Crippen molar-refractivity contribution in [2.75, 3.05) is 6.54 Å². The van der Waals surface area contributed by atoms with Gasteiger partial charge in [-0.3, -0.25) is 9.69 Å². The summed E-state index contributed by atoms with van der Waals surface area (Å²) in [5, 5.41) is 3.43. The lowest BCUT2D eigenvalue weighted by Gasteiger charge is -2.36. The minimum absolute atomic E-state index is 0.215. The molecule has 104 valence electrons. The fraction of sp³-hybridized carbons (Fsp3) is 0.929. The van der Waals surface area contributed by atoms with Crippen LogP contribution in [0.25, 0.3) is 0 Å². The van der Waals surface area contributed by atoms with Gasteiger partial charge in [0.25, 0.3) is 0 Å². The van der Waals surface area contributed by atoms with Crippen LogP contribution in [0.5, 0.6) is 0 Å². The number of amides is 1. The molecule has 18 heavy (non-hydrogen) atoms. The largest absolute Gasteiger partial charge is 0.368 e. The van der Waals surface area contributed by atoms with E-state index in [1.807, 2.05) is 6.92 Å². The standard InChI is InChI=1S/C14H27N3O/c1-10-5-4-8-17(10)11(2)9-14(3,13(15)18)16-12-6-7-12/h10-12,16H,4-9H2,1-3H3,(H2,15,18). The first-order valence-corrected chi connectivity index (χ1v) is 7.26. The zero-order valence-corrected chi connectivity index (χ0v) is 11.9. The molecule has 0 bridgehead atoms. The maximum absolute atomic E-state index is 11.8. The summed E-state index contributed by atoms with van der Waals surface area (Å²) in [4.78, 5) is 14.3. The fourth-order valence-corrected chi connectivity index (χ4v) is 3.23. The molecular weight excluding hydrogens is 226 g/mol. The van der Waals surface area contributed by atoms with Gasteiger partial charge in [-0.15, -0.1) is 0 Å². The number of hydrogen-bond acceptors (Lipinski definition) is 3. The van der Waals surface area contributed by atoms with Crippen LogP contribution >= 0.6 is 0 Å². The Morgan fingerprint density at radius 3 is 2.61 bits per heavy atom. The first kappa shape index (κ1) is 13.8. The van der Waals surface area contributed by atoms with Gasteiger partial charge in [-0.1, -0.05) is 0 Å². The summed E-state index contributed by atoms with van der Waals surface area (Å²) in [6.45, 7) is 7.61. The van der Waals surface area contributed by atoms with Crippen molar-refractivity contribution in [1.29, 1.82) is 0 Å². The van der Waals surface area contributed by atoms with E-state index in [9.17, 15) is 4.79 Å². The van der Waals surface area contributed by atoms with Gasteiger partial charge in [-0.2, -0.15) is 0 Å². The molecule has 0 spiro atoms. The highest BCUT2D eigenvalue weighted by Gasteiger charge is 2.39. The van der Waals surface area contributed by atoms with E-state index in [2.05, 4.69) is 24.1 Å². The van der Waals surface area contributed by atoms with E-state index in [0.717, 1.165) is 13.0 Å². The molecule has 3 N–H and O–H groups in total. The monoisotopic (exact) mass is 253 g/mol. The second kappa shape index (κ2) is 5.17. The van der Waals surface area contributed by atoms with Crippen LogP contribution in [-0.2, 0) is 4.79 Å². The summed E-state index contributed by atoms with van der Waals surface area (Å²) in [7, 11) is 0. The Kier molecular flexibility index (Phi) is 3.97. The number of carbonyl (C=O) groups excluding carboxylic acids is 1. The Bertz CT molecular complexity index is 316. The van der Waals surface area contributed by atoms with Gasteiger partial charge >= 0.3 is 0 Å². The highest BCUT2D eigenvalue weighted by atomic mass is 16.1. The molecule has 2 aliphatic rings.